The summed E-state index contributed by atoms with van der Waals surface area (Å²) in [5, 5.41) is 15.3. The molecule has 0 radical (unpaired) electrons. The minimum Gasteiger partial charge on any atom is -0.497 e. The summed E-state index contributed by atoms with van der Waals surface area (Å²) in [6.07, 6.45) is 0. The molecule has 4 aromatic rings. The lowest BCUT2D eigenvalue weighted by molar-refractivity contribution is 0.415. The topological polar surface area (TPSA) is 88.7 Å². The summed E-state index contributed by atoms with van der Waals surface area (Å²) in [6.45, 7) is 0. The highest BCUT2D eigenvalue weighted by Gasteiger charge is 2.15. The molecule has 2 N–H and O–H groups in total. The second-order valence-corrected chi connectivity index (χ2v) is 6.57. The van der Waals surface area contributed by atoms with Gasteiger partial charge in [-0.25, -0.2) is 0 Å². The molecule has 7 nitrogen and oxygen atoms in total. The number of hydrogen-bond donors (Lipinski definition) is 2. The monoisotopic (exact) mass is 367 g/mol. The third-order valence-corrected chi connectivity index (χ3v) is 5.19. The van der Waals surface area contributed by atoms with E-state index in [1.807, 2.05) is 36.4 Å². The van der Waals surface area contributed by atoms with E-state index in [1.165, 1.54) is 0 Å². The van der Waals surface area contributed by atoms with Gasteiger partial charge in [0.2, 0.25) is 0 Å². The van der Waals surface area contributed by atoms with E-state index in [0.29, 0.717) is 11.6 Å². The molecule has 2 aromatic heterocycles. The number of H-pyrrole nitrogens is 2. The molecule has 0 unspecified atom stereocenters. The quantitative estimate of drug-likeness (QED) is 0.506. The van der Waals surface area contributed by atoms with Crippen molar-refractivity contribution in [2.45, 2.75) is 10.6 Å². The average Bonchev–Trinajstić information content (AvgIpc) is 3.33. The van der Waals surface area contributed by atoms with Gasteiger partial charge in [0, 0.05) is 16.3 Å². The summed E-state index contributed by atoms with van der Waals surface area (Å²) in [4.78, 5) is 4.65. The standard InChI is InChI=1S/C18H17N5O2S/c1-24-12-5-3-11(4-6-12)17-18(26-10-16-20-22-23-21-16)14-8-7-13(25-2)9-15(14)19-17/h3-9,19H,10H2,1-2H3,(H,20,21,22,23). The number of aromatic amines is 2. The number of ether oxygens (including phenoxy) is 2. The molecule has 2 heterocycles. The Labute approximate surface area is 154 Å². The Morgan fingerprint density at radius 1 is 1.00 bits per heavy atom. The smallest absolute Gasteiger partial charge is 0.184 e. The molecule has 26 heavy (non-hydrogen) atoms. The molecule has 0 aliphatic carbocycles. The molecule has 4 rings (SSSR count). The maximum absolute atomic E-state index is 5.35. The normalized spacial score (nSPS) is 11.0. The molecule has 0 amide bonds. The highest BCUT2D eigenvalue weighted by atomic mass is 32.2. The zero-order chi connectivity index (χ0) is 17.9. The number of rotatable bonds is 6. The van der Waals surface area contributed by atoms with Crippen LogP contribution in [-0.4, -0.2) is 39.8 Å². The number of tetrazole rings is 1. The van der Waals surface area contributed by atoms with Crippen molar-refractivity contribution in [2.24, 2.45) is 0 Å². The summed E-state index contributed by atoms with van der Waals surface area (Å²) < 4.78 is 10.6. The Morgan fingerprint density at radius 3 is 2.46 bits per heavy atom. The summed E-state index contributed by atoms with van der Waals surface area (Å²) >= 11 is 1.67. The van der Waals surface area contributed by atoms with Gasteiger partial charge in [0.1, 0.15) is 11.5 Å². The minimum atomic E-state index is 0.624. The molecule has 0 spiro atoms. The van der Waals surface area contributed by atoms with Crippen LogP contribution in [0.25, 0.3) is 22.2 Å². The van der Waals surface area contributed by atoms with Crippen LogP contribution >= 0.6 is 11.8 Å². The van der Waals surface area contributed by atoms with E-state index >= 15 is 0 Å². The van der Waals surface area contributed by atoms with Crippen LogP contribution in [0.1, 0.15) is 5.82 Å². The third-order valence-electron chi connectivity index (χ3n) is 4.07. The summed E-state index contributed by atoms with van der Waals surface area (Å²) in [7, 11) is 3.33. The van der Waals surface area contributed by atoms with E-state index < -0.39 is 0 Å². The Hall–Kier alpha value is -3.00. The van der Waals surface area contributed by atoms with Crippen molar-refractivity contribution in [3.63, 3.8) is 0 Å². The second kappa shape index (κ2) is 7.09. The predicted octanol–water partition coefficient (Wildman–Crippen LogP) is 3.66. The van der Waals surface area contributed by atoms with Crippen LogP contribution < -0.4 is 9.47 Å². The van der Waals surface area contributed by atoms with Gasteiger partial charge in [-0.2, -0.15) is 5.21 Å². The van der Waals surface area contributed by atoms with Gasteiger partial charge < -0.3 is 14.5 Å². The molecule has 0 atom stereocenters. The molecular formula is C18H17N5O2S. The van der Waals surface area contributed by atoms with Crippen molar-refractivity contribution >= 4 is 22.7 Å². The van der Waals surface area contributed by atoms with Gasteiger partial charge in [-0.05, 0) is 42.0 Å². The van der Waals surface area contributed by atoms with Crippen molar-refractivity contribution in [3.05, 3.63) is 48.3 Å². The van der Waals surface area contributed by atoms with E-state index in [-0.39, 0.29) is 0 Å². The van der Waals surface area contributed by atoms with Crippen LogP contribution in [0.2, 0.25) is 0 Å². The Bertz CT molecular complexity index is 1010. The summed E-state index contributed by atoms with van der Waals surface area (Å²) in [5.41, 5.74) is 3.15. The molecule has 0 aliphatic heterocycles. The molecule has 132 valence electrons. The number of nitrogens with zero attached hydrogens (tertiary/aromatic N) is 3. The van der Waals surface area contributed by atoms with E-state index in [0.717, 1.165) is 38.6 Å². The largest absolute Gasteiger partial charge is 0.497 e. The molecule has 8 heteroatoms. The Morgan fingerprint density at radius 2 is 1.77 bits per heavy atom. The fraction of sp³-hybridized carbons (Fsp3) is 0.167. The van der Waals surface area contributed by atoms with E-state index in [1.54, 1.807) is 26.0 Å². The maximum atomic E-state index is 5.35. The van der Waals surface area contributed by atoms with Crippen LogP contribution in [-0.2, 0) is 5.75 Å². The lowest BCUT2D eigenvalue weighted by Crippen LogP contribution is -1.86. The first-order valence-electron chi connectivity index (χ1n) is 7.97. The highest BCUT2D eigenvalue weighted by molar-refractivity contribution is 7.98. The lowest BCUT2D eigenvalue weighted by atomic mass is 10.1. The Kier molecular flexibility index (Phi) is 4.49. The van der Waals surface area contributed by atoms with Gasteiger partial charge in [-0.1, -0.05) is 5.21 Å². The first-order valence-corrected chi connectivity index (χ1v) is 8.96. The molecule has 0 fully saturated rings. The van der Waals surface area contributed by atoms with Crippen molar-refractivity contribution < 1.29 is 9.47 Å². The lowest BCUT2D eigenvalue weighted by Gasteiger charge is -2.05. The minimum absolute atomic E-state index is 0.624. The number of fused-ring (bicyclic) bond motifs is 1. The van der Waals surface area contributed by atoms with Crippen LogP contribution in [0.4, 0.5) is 0 Å². The zero-order valence-electron chi connectivity index (χ0n) is 14.3. The van der Waals surface area contributed by atoms with Gasteiger partial charge in [0.05, 0.1) is 31.2 Å². The summed E-state index contributed by atoms with van der Waals surface area (Å²) in [5.74, 6) is 2.93. The molecule has 2 aromatic carbocycles. The van der Waals surface area contributed by atoms with Gasteiger partial charge in [-0.3, -0.25) is 0 Å². The van der Waals surface area contributed by atoms with Crippen LogP contribution in [0.15, 0.2) is 47.4 Å². The molecular weight excluding hydrogens is 350 g/mol. The van der Waals surface area contributed by atoms with E-state index in [4.69, 9.17) is 9.47 Å². The van der Waals surface area contributed by atoms with Crippen molar-refractivity contribution in [1.82, 2.24) is 25.6 Å². The van der Waals surface area contributed by atoms with E-state index in [2.05, 4.69) is 31.7 Å². The SMILES string of the molecule is COc1ccc(-c2[nH]c3cc(OC)ccc3c2SCc2nn[nH]n2)cc1. The first-order chi connectivity index (χ1) is 12.8. The third kappa shape index (κ3) is 3.11. The van der Waals surface area contributed by atoms with Crippen molar-refractivity contribution in [1.29, 1.82) is 0 Å². The number of hydrogen-bond acceptors (Lipinski definition) is 6. The number of thioether (sulfide) groups is 1. The molecule has 0 bridgehead atoms. The van der Waals surface area contributed by atoms with Crippen molar-refractivity contribution in [2.75, 3.05) is 14.2 Å². The summed E-state index contributed by atoms with van der Waals surface area (Å²) in [6, 6.07) is 14.0. The van der Waals surface area contributed by atoms with Crippen LogP contribution in [0, 0.1) is 0 Å². The fourth-order valence-corrected chi connectivity index (χ4v) is 3.81. The van der Waals surface area contributed by atoms with Gasteiger partial charge in [0.25, 0.3) is 0 Å². The van der Waals surface area contributed by atoms with Gasteiger partial charge in [0.15, 0.2) is 5.82 Å². The van der Waals surface area contributed by atoms with Gasteiger partial charge >= 0.3 is 0 Å². The molecule has 0 saturated carbocycles. The van der Waals surface area contributed by atoms with Crippen LogP contribution in [0.3, 0.4) is 0 Å². The Balaban J connectivity index is 1.78. The van der Waals surface area contributed by atoms with Crippen molar-refractivity contribution in [3.8, 4) is 22.8 Å². The maximum Gasteiger partial charge on any atom is 0.184 e. The van der Waals surface area contributed by atoms with Gasteiger partial charge in [-0.15, -0.1) is 22.0 Å². The highest BCUT2D eigenvalue weighted by Crippen LogP contribution is 2.40. The fourth-order valence-electron chi connectivity index (χ4n) is 2.77. The van der Waals surface area contributed by atoms with E-state index in [9.17, 15) is 0 Å². The molecule has 0 aliphatic rings. The number of methoxy groups -OCH3 is 2. The second-order valence-electron chi connectivity index (χ2n) is 5.59. The predicted molar refractivity (Wildman–Crippen MR) is 101 cm³/mol. The average molecular weight is 367 g/mol. The zero-order valence-corrected chi connectivity index (χ0v) is 15.1. The number of benzene rings is 2. The number of nitrogens with one attached hydrogen (secondary N) is 2. The number of aromatic nitrogens is 5. The first kappa shape index (κ1) is 16.5. The molecule has 0 saturated heterocycles. The van der Waals surface area contributed by atoms with Crippen LogP contribution in [0.5, 0.6) is 11.5 Å².